The van der Waals surface area contributed by atoms with Crippen molar-refractivity contribution in [1.29, 1.82) is 0 Å². The van der Waals surface area contributed by atoms with E-state index in [9.17, 15) is 15.3 Å². The normalized spacial score (nSPS) is 11.7. The lowest BCUT2D eigenvalue weighted by molar-refractivity contribution is -0.391. The minimum absolute atomic E-state index is 0.304. The Morgan fingerprint density at radius 1 is 1.21 bits per heavy atom. The van der Waals surface area contributed by atoms with Crippen molar-refractivity contribution in [2.45, 2.75) is 0 Å². The van der Waals surface area contributed by atoms with Crippen molar-refractivity contribution >= 4 is 39.0 Å². The van der Waals surface area contributed by atoms with Gasteiger partial charge in [0.2, 0.25) is 0 Å². The van der Waals surface area contributed by atoms with Gasteiger partial charge < -0.3 is 15.3 Å². The summed E-state index contributed by atoms with van der Waals surface area (Å²) in [4.78, 5) is 16.2. The Kier molecular flexibility index (Phi) is 4.36. The third kappa shape index (κ3) is 3.03. The zero-order chi connectivity index (χ0) is 17.3. The summed E-state index contributed by atoms with van der Waals surface area (Å²) in [6.45, 7) is 0. The molecule has 0 spiro atoms. The molecule has 0 aliphatic rings. The summed E-state index contributed by atoms with van der Waals surface area (Å²) in [6, 6.07) is 13.2. The smallest absolute Gasteiger partial charge is 0.409 e. The fourth-order valence-corrected chi connectivity index (χ4v) is 2.47. The van der Waals surface area contributed by atoms with E-state index in [1.165, 1.54) is 0 Å². The lowest BCUT2D eigenvalue weighted by Crippen LogP contribution is -2.22. The van der Waals surface area contributed by atoms with Gasteiger partial charge in [-0.3, -0.25) is 0 Å². The Bertz CT molecular complexity index is 981. The molecular weight excluding hydrogens is 402 g/mol. The number of aromatic nitrogens is 3. The Balaban J connectivity index is 2.25. The number of halogens is 2. The lowest BCUT2D eigenvalue weighted by Gasteiger charge is -2.00. The van der Waals surface area contributed by atoms with E-state index in [2.05, 4.69) is 26.0 Å². The summed E-state index contributed by atoms with van der Waals surface area (Å²) in [5.74, 6) is -0.580. The molecule has 1 N–H and O–H groups in total. The van der Waals surface area contributed by atoms with Crippen LogP contribution in [0.2, 0.25) is 5.02 Å². The highest BCUT2D eigenvalue weighted by Gasteiger charge is 2.24. The molecule has 8 nitrogen and oxygen atoms in total. The molecule has 0 aliphatic heterocycles. The highest BCUT2D eigenvalue weighted by atomic mass is 79.9. The maximum Gasteiger partial charge on any atom is 0.438 e. The number of rotatable bonds is 3. The van der Waals surface area contributed by atoms with Crippen molar-refractivity contribution in [3.8, 4) is 5.69 Å². The van der Waals surface area contributed by atoms with Crippen molar-refractivity contribution in [2.24, 2.45) is 4.99 Å². The maximum atomic E-state index is 11.3. The van der Waals surface area contributed by atoms with Crippen molar-refractivity contribution < 1.29 is 10.1 Å². The minimum atomic E-state index is -0.713. The highest BCUT2D eigenvalue weighted by molar-refractivity contribution is 9.10. The van der Waals surface area contributed by atoms with Crippen LogP contribution in [0.25, 0.3) is 5.69 Å². The zero-order valence-corrected chi connectivity index (χ0v) is 14.2. The SMILES string of the molecule is O=[N+]([O-])c1nn(-c2ccc(Cl)cc2)n(O)c1=Nc1ccccc1Br. The standard InChI is InChI=1S/C14H9BrClN5O3/c15-11-3-1-2-4-12(11)17-13-14(21(23)24)18-19(20(13)22)10-7-5-9(16)6-8-10/h1-8,22H. The Morgan fingerprint density at radius 3 is 2.50 bits per heavy atom. The monoisotopic (exact) mass is 409 g/mol. The molecule has 0 bridgehead atoms. The molecule has 0 amide bonds. The summed E-state index contributed by atoms with van der Waals surface area (Å²) in [6.07, 6.45) is 0. The summed E-state index contributed by atoms with van der Waals surface area (Å²) in [5, 5.41) is 25.9. The van der Waals surface area contributed by atoms with Crippen LogP contribution in [0.4, 0.5) is 11.5 Å². The maximum absolute atomic E-state index is 11.3. The van der Waals surface area contributed by atoms with Crippen LogP contribution in [0.5, 0.6) is 0 Å². The summed E-state index contributed by atoms with van der Waals surface area (Å²) in [7, 11) is 0. The average Bonchev–Trinajstić information content (AvgIpc) is 2.88. The van der Waals surface area contributed by atoms with Gasteiger partial charge in [-0.2, -0.15) is 0 Å². The number of nitro groups is 1. The second kappa shape index (κ2) is 6.46. The predicted molar refractivity (Wildman–Crippen MR) is 89.8 cm³/mol. The van der Waals surface area contributed by atoms with Gasteiger partial charge in [-0.1, -0.05) is 28.6 Å². The fourth-order valence-electron chi connectivity index (χ4n) is 1.97. The van der Waals surface area contributed by atoms with Gasteiger partial charge in [-0.05, 0) is 62.0 Å². The van der Waals surface area contributed by atoms with Gasteiger partial charge >= 0.3 is 5.82 Å². The van der Waals surface area contributed by atoms with Gasteiger partial charge in [0.25, 0.3) is 5.49 Å². The summed E-state index contributed by atoms with van der Waals surface area (Å²) >= 11 is 9.12. The molecule has 3 aromatic rings. The van der Waals surface area contributed by atoms with E-state index in [-0.39, 0.29) is 5.49 Å². The van der Waals surface area contributed by atoms with Crippen LogP contribution in [0.3, 0.4) is 0 Å². The number of nitrogens with zero attached hydrogens (tertiary/aromatic N) is 5. The lowest BCUT2D eigenvalue weighted by atomic mass is 10.3. The first kappa shape index (κ1) is 16.2. The van der Waals surface area contributed by atoms with E-state index in [4.69, 9.17) is 11.6 Å². The summed E-state index contributed by atoms with van der Waals surface area (Å²) in [5.41, 5.74) is 0.500. The second-order valence-electron chi connectivity index (χ2n) is 4.62. The Hall–Kier alpha value is -2.65. The third-order valence-corrected chi connectivity index (χ3v) is 3.99. The number of para-hydroxylation sites is 1. The van der Waals surface area contributed by atoms with E-state index in [0.29, 0.717) is 25.7 Å². The molecule has 0 unspecified atom stereocenters. The van der Waals surface area contributed by atoms with E-state index in [0.717, 1.165) is 4.80 Å². The molecule has 0 aliphatic carbocycles. The molecule has 0 radical (unpaired) electrons. The molecule has 24 heavy (non-hydrogen) atoms. The van der Waals surface area contributed by atoms with Gasteiger partial charge in [0.05, 0.1) is 10.8 Å². The molecule has 0 fully saturated rings. The van der Waals surface area contributed by atoms with E-state index in [1.54, 1.807) is 48.5 Å². The predicted octanol–water partition coefficient (Wildman–Crippen LogP) is 3.47. The first-order valence-electron chi connectivity index (χ1n) is 6.58. The van der Waals surface area contributed by atoms with Gasteiger partial charge in [0, 0.05) is 9.50 Å². The minimum Gasteiger partial charge on any atom is -0.409 e. The molecule has 10 heteroatoms. The van der Waals surface area contributed by atoms with E-state index >= 15 is 0 Å². The van der Waals surface area contributed by atoms with E-state index in [1.807, 2.05) is 0 Å². The van der Waals surface area contributed by atoms with Crippen molar-refractivity contribution in [3.63, 3.8) is 0 Å². The van der Waals surface area contributed by atoms with Crippen molar-refractivity contribution in [1.82, 2.24) is 14.7 Å². The van der Waals surface area contributed by atoms with Crippen LogP contribution in [0.15, 0.2) is 58.0 Å². The van der Waals surface area contributed by atoms with Crippen LogP contribution in [0.1, 0.15) is 0 Å². The quantitative estimate of drug-likeness (QED) is 0.406. The van der Waals surface area contributed by atoms with Gasteiger partial charge in [-0.25, -0.2) is 4.99 Å². The zero-order valence-electron chi connectivity index (χ0n) is 11.9. The van der Waals surface area contributed by atoms with Crippen LogP contribution in [0, 0.1) is 10.1 Å². The van der Waals surface area contributed by atoms with Crippen molar-refractivity contribution in [3.05, 3.63) is 73.6 Å². The van der Waals surface area contributed by atoms with Crippen LogP contribution < -0.4 is 5.49 Å². The largest absolute Gasteiger partial charge is 0.438 e. The van der Waals surface area contributed by atoms with Crippen LogP contribution >= 0.6 is 27.5 Å². The molecule has 1 heterocycles. The molecule has 3 rings (SSSR count). The molecule has 2 aromatic carbocycles. The number of benzene rings is 2. The summed E-state index contributed by atoms with van der Waals surface area (Å²) < 4.78 is 0.624. The van der Waals surface area contributed by atoms with E-state index < -0.39 is 10.7 Å². The van der Waals surface area contributed by atoms with Crippen LogP contribution in [-0.2, 0) is 0 Å². The third-order valence-electron chi connectivity index (χ3n) is 3.07. The first-order chi connectivity index (χ1) is 11.5. The molecule has 0 atom stereocenters. The molecule has 0 saturated carbocycles. The van der Waals surface area contributed by atoms with Gasteiger partial charge in [0.1, 0.15) is 5.69 Å². The average molecular weight is 411 g/mol. The highest BCUT2D eigenvalue weighted by Crippen LogP contribution is 2.24. The topological polar surface area (TPSA) is 98.5 Å². The van der Waals surface area contributed by atoms with Gasteiger partial charge in [-0.15, -0.1) is 0 Å². The number of hydrogen-bond donors (Lipinski definition) is 1. The first-order valence-corrected chi connectivity index (χ1v) is 7.75. The van der Waals surface area contributed by atoms with Gasteiger partial charge in [0.15, 0.2) is 0 Å². The molecule has 0 saturated heterocycles. The Labute approximate surface area is 148 Å². The van der Waals surface area contributed by atoms with Crippen LogP contribution in [-0.4, -0.2) is 24.9 Å². The number of hydrogen-bond acceptors (Lipinski definition) is 5. The Morgan fingerprint density at radius 2 is 1.88 bits per heavy atom. The molecule has 122 valence electrons. The molecular formula is C14H9BrClN5O3. The second-order valence-corrected chi connectivity index (χ2v) is 5.91. The molecule has 1 aromatic heterocycles. The van der Waals surface area contributed by atoms with Crippen molar-refractivity contribution in [2.75, 3.05) is 0 Å². The fraction of sp³-hybridized carbons (Fsp3) is 0.